The van der Waals surface area contributed by atoms with Gasteiger partial charge in [-0.05, 0) is 36.9 Å². The van der Waals surface area contributed by atoms with Gasteiger partial charge in [-0.25, -0.2) is 8.42 Å². The monoisotopic (exact) mass is 306 g/mol. The van der Waals surface area contributed by atoms with Gasteiger partial charge in [0.05, 0.1) is 16.8 Å². The first-order valence-electron chi connectivity index (χ1n) is 6.26. The van der Waals surface area contributed by atoms with Crippen molar-refractivity contribution >= 4 is 26.9 Å². The highest BCUT2D eigenvalue weighted by Gasteiger charge is 2.27. The van der Waals surface area contributed by atoms with Crippen LogP contribution in [0.25, 0.3) is 0 Å². The summed E-state index contributed by atoms with van der Waals surface area (Å²) < 4.78 is 24.2. The van der Waals surface area contributed by atoms with Gasteiger partial charge in [-0.1, -0.05) is 17.7 Å². The molecule has 0 radical (unpaired) electrons. The van der Waals surface area contributed by atoms with Gasteiger partial charge in [0.15, 0.2) is 9.84 Å². The molecule has 0 spiro atoms. The maximum Gasteiger partial charge on any atom is 0.188 e. The standard InChI is InChI=1S/C14H14N2O2S2/c1-10-2-4-11(5-3-10)15-16-13-6-8-19-14-12(13)7-9-20(14,17)18/h2-6,8,15H,7,9H2,1H3/b16-13+. The maximum absolute atomic E-state index is 11.9. The molecule has 2 heterocycles. The number of nitrogens with one attached hydrogen (secondary N) is 1. The molecular formula is C14H14N2O2S2. The van der Waals surface area contributed by atoms with Crippen LogP contribution in [0.3, 0.4) is 0 Å². The molecule has 0 atom stereocenters. The number of hydrogen-bond donors (Lipinski definition) is 1. The van der Waals surface area contributed by atoms with Crippen LogP contribution in [0.15, 0.2) is 45.0 Å². The molecule has 1 aliphatic rings. The Kier molecular flexibility index (Phi) is 3.35. The van der Waals surface area contributed by atoms with Gasteiger partial charge < -0.3 is 0 Å². The van der Waals surface area contributed by atoms with Crippen LogP contribution in [0.1, 0.15) is 11.1 Å². The SMILES string of the molecule is Cc1ccc(N/N=c2\ccsc3c2CCS3(=O)=O)cc1. The summed E-state index contributed by atoms with van der Waals surface area (Å²) >= 11 is 1.27. The third kappa shape index (κ3) is 2.48. The van der Waals surface area contributed by atoms with E-state index in [0.717, 1.165) is 11.3 Å². The molecule has 0 unspecified atom stereocenters. The second-order valence-corrected chi connectivity index (χ2v) is 7.95. The number of rotatable bonds is 2. The van der Waals surface area contributed by atoms with E-state index in [1.165, 1.54) is 16.9 Å². The van der Waals surface area contributed by atoms with Gasteiger partial charge in [-0.15, -0.1) is 11.3 Å². The summed E-state index contributed by atoms with van der Waals surface area (Å²) in [6, 6.07) is 9.74. The quantitative estimate of drug-likeness (QED) is 0.866. The number of benzene rings is 1. The number of anilines is 1. The highest BCUT2D eigenvalue weighted by atomic mass is 32.2. The lowest BCUT2D eigenvalue weighted by Gasteiger charge is -2.01. The molecular weight excluding hydrogens is 292 g/mol. The summed E-state index contributed by atoms with van der Waals surface area (Å²) in [6.45, 7) is 2.03. The zero-order valence-corrected chi connectivity index (χ0v) is 12.6. The second-order valence-electron chi connectivity index (χ2n) is 4.73. The summed E-state index contributed by atoms with van der Waals surface area (Å²) in [5.74, 6) is 0.190. The zero-order chi connectivity index (χ0) is 14.2. The molecule has 1 aromatic heterocycles. The van der Waals surface area contributed by atoms with E-state index >= 15 is 0 Å². The van der Waals surface area contributed by atoms with Crippen molar-refractivity contribution in [2.75, 3.05) is 11.2 Å². The lowest BCUT2D eigenvalue weighted by Crippen LogP contribution is -2.10. The van der Waals surface area contributed by atoms with E-state index in [2.05, 4.69) is 10.5 Å². The molecule has 0 amide bonds. The van der Waals surface area contributed by atoms with Gasteiger partial charge in [-0.3, -0.25) is 5.43 Å². The first-order chi connectivity index (χ1) is 9.56. The van der Waals surface area contributed by atoms with E-state index in [-0.39, 0.29) is 5.75 Å². The van der Waals surface area contributed by atoms with Gasteiger partial charge in [0.2, 0.25) is 0 Å². The molecule has 20 heavy (non-hydrogen) atoms. The van der Waals surface area contributed by atoms with Crippen molar-refractivity contribution in [1.29, 1.82) is 0 Å². The van der Waals surface area contributed by atoms with Gasteiger partial charge >= 0.3 is 0 Å². The molecule has 104 valence electrons. The minimum absolute atomic E-state index is 0.190. The average molecular weight is 306 g/mol. The minimum Gasteiger partial charge on any atom is -0.278 e. The second kappa shape index (κ2) is 5.03. The van der Waals surface area contributed by atoms with E-state index in [1.807, 2.05) is 37.3 Å². The van der Waals surface area contributed by atoms with E-state index in [0.29, 0.717) is 16.0 Å². The molecule has 1 aromatic carbocycles. The predicted octanol–water partition coefficient (Wildman–Crippen LogP) is 2.31. The van der Waals surface area contributed by atoms with Crippen LogP contribution in [-0.4, -0.2) is 14.2 Å². The highest BCUT2D eigenvalue weighted by Crippen LogP contribution is 2.26. The van der Waals surface area contributed by atoms with Crippen molar-refractivity contribution in [2.24, 2.45) is 5.10 Å². The summed E-state index contributed by atoms with van der Waals surface area (Å²) in [7, 11) is -3.09. The van der Waals surface area contributed by atoms with Crippen LogP contribution in [0.5, 0.6) is 0 Å². The van der Waals surface area contributed by atoms with Gasteiger partial charge in [0, 0.05) is 5.56 Å². The van der Waals surface area contributed by atoms with Gasteiger partial charge in [0.1, 0.15) is 4.21 Å². The van der Waals surface area contributed by atoms with Crippen LogP contribution in [0.4, 0.5) is 5.69 Å². The Labute approximate surface area is 121 Å². The molecule has 0 saturated carbocycles. The zero-order valence-electron chi connectivity index (χ0n) is 11.0. The number of fused-ring (bicyclic) bond motifs is 1. The van der Waals surface area contributed by atoms with Crippen molar-refractivity contribution < 1.29 is 8.42 Å². The lowest BCUT2D eigenvalue weighted by molar-refractivity contribution is 0.601. The van der Waals surface area contributed by atoms with E-state index in [9.17, 15) is 8.42 Å². The molecule has 4 nitrogen and oxygen atoms in total. The maximum atomic E-state index is 11.9. The third-order valence-electron chi connectivity index (χ3n) is 3.22. The van der Waals surface area contributed by atoms with Crippen LogP contribution < -0.4 is 10.8 Å². The van der Waals surface area contributed by atoms with Crippen molar-refractivity contribution in [3.63, 3.8) is 0 Å². The minimum atomic E-state index is -3.09. The Balaban J connectivity index is 1.98. The van der Waals surface area contributed by atoms with E-state index in [4.69, 9.17) is 0 Å². The molecule has 1 aliphatic heterocycles. The third-order valence-corrected chi connectivity index (χ3v) is 6.55. The predicted molar refractivity (Wildman–Crippen MR) is 80.4 cm³/mol. The average Bonchev–Trinajstić information content (AvgIpc) is 2.75. The van der Waals surface area contributed by atoms with Crippen LogP contribution in [0.2, 0.25) is 0 Å². The lowest BCUT2D eigenvalue weighted by atomic mass is 10.2. The first-order valence-corrected chi connectivity index (χ1v) is 8.79. The summed E-state index contributed by atoms with van der Waals surface area (Å²) in [6.07, 6.45) is 0.545. The summed E-state index contributed by atoms with van der Waals surface area (Å²) in [5.41, 5.74) is 5.88. The van der Waals surface area contributed by atoms with Crippen molar-refractivity contribution in [1.82, 2.24) is 0 Å². The fraction of sp³-hybridized carbons (Fsp3) is 0.214. The first kappa shape index (κ1) is 13.3. The Bertz CT molecular complexity index is 806. The molecule has 6 heteroatoms. The number of nitrogens with zero attached hydrogens (tertiary/aromatic N) is 1. The van der Waals surface area contributed by atoms with Crippen LogP contribution >= 0.6 is 11.3 Å². The van der Waals surface area contributed by atoms with Crippen molar-refractivity contribution in [3.05, 3.63) is 52.2 Å². The van der Waals surface area contributed by atoms with Crippen molar-refractivity contribution in [2.45, 2.75) is 17.6 Å². The smallest absolute Gasteiger partial charge is 0.188 e. The largest absolute Gasteiger partial charge is 0.278 e. The fourth-order valence-corrected chi connectivity index (χ4v) is 5.03. The summed E-state index contributed by atoms with van der Waals surface area (Å²) in [5, 5.41) is 6.82. The highest BCUT2D eigenvalue weighted by molar-refractivity contribution is 7.93. The van der Waals surface area contributed by atoms with Crippen LogP contribution in [-0.2, 0) is 16.3 Å². The molecule has 0 saturated heterocycles. The number of aryl methyl sites for hydroxylation is 1. The Morgan fingerprint density at radius 2 is 1.95 bits per heavy atom. The van der Waals surface area contributed by atoms with Crippen molar-refractivity contribution in [3.8, 4) is 0 Å². The van der Waals surface area contributed by atoms with Gasteiger partial charge in [0.25, 0.3) is 0 Å². The number of sulfone groups is 1. The van der Waals surface area contributed by atoms with E-state index in [1.54, 1.807) is 5.38 Å². The van der Waals surface area contributed by atoms with Crippen LogP contribution in [0, 0.1) is 6.92 Å². The number of hydrogen-bond acceptors (Lipinski definition) is 5. The molecule has 3 rings (SSSR count). The normalized spacial score (nSPS) is 16.9. The Morgan fingerprint density at radius 1 is 1.20 bits per heavy atom. The summed E-state index contributed by atoms with van der Waals surface area (Å²) in [4.78, 5) is 0. The molecule has 0 bridgehead atoms. The molecule has 0 aliphatic carbocycles. The Morgan fingerprint density at radius 3 is 2.70 bits per heavy atom. The topological polar surface area (TPSA) is 58.5 Å². The molecule has 1 N–H and O–H groups in total. The fourth-order valence-electron chi connectivity index (χ4n) is 2.11. The molecule has 0 fully saturated rings. The Hall–Kier alpha value is -1.66. The molecule has 2 aromatic rings. The van der Waals surface area contributed by atoms with E-state index < -0.39 is 9.84 Å². The van der Waals surface area contributed by atoms with Gasteiger partial charge in [-0.2, -0.15) is 5.10 Å².